The number of piperidine rings is 1. The first-order chi connectivity index (χ1) is 9.20. The molecule has 1 aromatic rings. The molecule has 19 heavy (non-hydrogen) atoms. The Hall–Kier alpha value is -0.680. The maximum absolute atomic E-state index is 13.5. The van der Waals surface area contributed by atoms with Crippen LogP contribution in [0.3, 0.4) is 0 Å². The summed E-state index contributed by atoms with van der Waals surface area (Å²) in [7, 11) is 0. The molecule has 0 unspecified atom stereocenters. The van der Waals surface area contributed by atoms with E-state index in [0.29, 0.717) is 24.1 Å². The molecule has 1 aliphatic rings. The van der Waals surface area contributed by atoms with Gasteiger partial charge in [-0.3, -0.25) is 0 Å². The fraction of sp³-hybridized carbons (Fsp3) is 0.571. The fourth-order valence-corrected chi connectivity index (χ4v) is 2.81. The minimum atomic E-state index is -0.326. The molecule has 1 heterocycles. The number of ether oxygens (including phenoxy) is 1. The van der Waals surface area contributed by atoms with Crippen molar-refractivity contribution < 1.29 is 9.13 Å². The zero-order valence-corrected chi connectivity index (χ0v) is 11.6. The molecule has 1 aliphatic heterocycles. The van der Waals surface area contributed by atoms with Gasteiger partial charge in [-0.2, -0.15) is 0 Å². The number of rotatable bonds is 5. The normalized spacial score (nSPS) is 21.3. The van der Waals surface area contributed by atoms with Gasteiger partial charge in [-0.1, -0.05) is 11.6 Å². The van der Waals surface area contributed by atoms with Gasteiger partial charge in [0.2, 0.25) is 0 Å². The zero-order valence-electron chi connectivity index (χ0n) is 10.9. The highest BCUT2D eigenvalue weighted by molar-refractivity contribution is 6.30. The summed E-state index contributed by atoms with van der Waals surface area (Å²) >= 11 is 5.93. The minimum Gasteiger partial charge on any atom is -0.372 e. The van der Waals surface area contributed by atoms with Crippen molar-refractivity contribution in [3.05, 3.63) is 34.6 Å². The summed E-state index contributed by atoms with van der Waals surface area (Å²) in [5.41, 5.74) is 6.30. The lowest BCUT2D eigenvalue weighted by Crippen LogP contribution is -2.34. The van der Waals surface area contributed by atoms with Gasteiger partial charge in [-0.05, 0) is 43.1 Å². The van der Waals surface area contributed by atoms with E-state index in [1.807, 2.05) is 0 Å². The van der Waals surface area contributed by atoms with E-state index in [1.54, 1.807) is 6.07 Å². The highest BCUT2D eigenvalue weighted by Crippen LogP contribution is 2.32. The van der Waals surface area contributed by atoms with E-state index in [0.717, 1.165) is 31.5 Å². The van der Waals surface area contributed by atoms with Crippen LogP contribution >= 0.6 is 11.6 Å². The molecule has 0 aromatic heterocycles. The average molecular weight is 287 g/mol. The van der Waals surface area contributed by atoms with Crippen molar-refractivity contribution in [2.75, 3.05) is 26.2 Å². The molecule has 3 nitrogen and oxygen atoms in total. The third kappa shape index (κ3) is 4.14. The molecule has 2 rings (SSSR count). The lowest BCUT2D eigenvalue weighted by atomic mass is 9.89. The predicted octanol–water partition coefficient (Wildman–Crippen LogP) is 2.50. The van der Waals surface area contributed by atoms with E-state index in [4.69, 9.17) is 22.1 Å². The summed E-state index contributed by atoms with van der Waals surface area (Å²) in [6.45, 7) is 2.84. The molecular formula is C14H20ClFN2O. The Balaban J connectivity index is 2.19. The molecule has 3 N–H and O–H groups in total. The van der Waals surface area contributed by atoms with Gasteiger partial charge < -0.3 is 15.8 Å². The molecular weight excluding hydrogens is 267 g/mol. The maximum Gasteiger partial charge on any atom is 0.125 e. The SMILES string of the molecule is NCCO[C@@H](c1cc(F)cc(Cl)c1)[C@@H]1CCCNC1. The van der Waals surface area contributed by atoms with Crippen molar-refractivity contribution in [2.45, 2.75) is 18.9 Å². The van der Waals surface area contributed by atoms with Gasteiger partial charge in [-0.15, -0.1) is 0 Å². The Kier molecular flexibility index (Phi) is 5.58. The Labute approximate surface area is 118 Å². The van der Waals surface area contributed by atoms with Crippen molar-refractivity contribution in [3.8, 4) is 0 Å². The van der Waals surface area contributed by atoms with Crippen LogP contribution in [0.15, 0.2) is 18.2 Å². The first-order valence-corrected chi connectivity index (χ1v) is 7.07. The molecule has 106 valence electrons. The molecule has 5 heteroatoms. The van der Waals surface area contributed by atoms with Gasteiger partial charge in [0.05, 0.1) is 12.7 Å². The second-order valence-corrected chi connectivity index (χ2v) is 5.33. The third-order valence-electron chi connectivity index (χ3n) is 3.39. The van der Waals surface area contributed by atoms with Crippen LogP contribution in [0, 0.1) is 11.7 Å². The van der Waals surface area contributed by atoms with Gasteiger partial charge in [0, 0.05) is 24.0 Å². The monoisotopic (exact) mass is 286 g/mol. The number of hydrogen-bond donors (Lipinski definition) is 2. The molecule has 0 bridgehead atoms. The highest BCUT2D eigenvalue weighted by Gasteiger charge is 2.26. The van der Waals surface area contributed by atoms with E-state index < -0.39 is 0 Å². The number of nitrogens with two attached hydrogens (primary N) is 1. The summed E-state index contributed by atoms with van der Waals surface area (Å²) in [4.78, 5) is 0. The van der Waals surface area contributed by atoms with Gasteiger partial charge in [0.15, 0.2) is 0 Å². The number of nitrogens with one attached hydrogen (secondary N) is 1. The Morgan fingerprint density at radius 3 is 2.95 bits per heavy atom. The van der Waals surface area contributed by atoms with E-state index in [2.05, 4.69) is 5.32 Å². The molecule has 1 fully saturated rings. The van der Waals surface area contributed by atoms with Crippen LogP contribution < -0.4 is 11.1 Å². The lowest BCUT2D eigenvalue weighted by molar-refractivity contribution is 0.00704. The van der Waals surface area contributed by atoms with Crippen molar-refractivity contribution in [3.63, 3.8) is 0 Å². The van der Waals surface area contributed by atoms with Crippen LogP contribution in [-0.4, -0.2) is 26.2 Å². The predicted molar refractivity (Wildman–Crippen MR) is 74.8 cm³/mol. The number of halogens is 2. The van der Waals surface area contributed by atoms with Crippen LogP contribution in [0.1, 0.15) is 24.5 Å². The fourth-order valence-electron chi connectivity index (χ4n) is 2.58. The molecule has 0 saturated carbocycles. The van der Waals surface area contributed by atoms with Crippen LogP contribution in [0.4, 0.5) is 4.39 Å². The van der Waals surface area contributed by atoms with Crippen LogP contribution in [-0.2, 0) is 4.74 Å². The standard InChI is InChI=1S/C14H20ClFN2O/c15-12-6-11(7-13(16)8-12)14(19-5-3-17)10-2-1-4-18-9-10/h6-8,10,14,18H,1-5,9,17H2/t10-,14-/m1/s1. The average Bonchev–Trinajstić information content (AvgIpc) is 2.39. The lowest BCUT2D eigenvalue weighted by Gasteiger charge is -2.31. The minimum absolute atomic E-state index is 0.149. The summed E-state index contributed by atoms with van der Waals surface area (Å²) < 4.78 is 19.3. The largest absolute Gasteiger partial charge is 0.372 e. The van der Waals surface area contributed by atoms with E-state index in [1.165, 1.54) is 12.1 Å². The van der Waals surface area contributed by atoms with Crippen molar-refractivity contribution >= 4 is 11.6 Å². The Bertz CT molecular complexity index is 390. The van der Waals surface area contributed by atoms with Gasteiger partial charge in [0.25, 0.3) is 0 Å². The van der Waals surface area contributed by atoms with Crippen molar-refractivity contribution in [2.24, 2.45) is 11.7 Å². The Morgan fingerprint density at radius 1 is 1.47 bits per heavy atom. The van der Waals surface area contributed by atoms with E-state index >= 15 is 0 Å². The quantitative estimate of drug-likeness (QED) is 0.874. The smallest absolute Gasteiger partial charge is 0.125 e. The van der Waals surface area contributed by atoms with Crippen molar-refractivity contribution in [1.29, 1.82) is 0 Å². The van der Waals surface area contributed by atoms with Crippen LogP contribution in [0.25, 0.3) is 0 Å². The Morgan fingerprint density at radius 2 is 2.32 bits per heavy atom. The summed E-state index contributed by atoms with van der Waals surface area (Å²) in [5.74, 6) is 0.00536. The first-order valence-electron chi connectivity index (χ1n) is 6.69. The summed E-state index contributed by atoms with van der Waals surface area (Å²) in [6, 6.07) is 4.59. The third-order valence-corrected chi connectivity index (χ3v) is 3.61. The molecule has 0 aliphatic carbocycles. The second kappa shape index (κ2) is 7.20. The van der Waals surface area contributed by atoms with Crippen LogP contribution in [0.2, 0.25) is 5.02 Å². The zero-order chi connectivity index (χ0) is 13.7. The van der Waals surface area contributed by atoms with Crippen molar-refractivity contribution in [1.82, 2.24) is 5.32 Å². The maximum atomic E-state index is 13.5. The molecule has 1 saturated heterocycles. The molecule has 0 radical (unpaired) electrons. The van der Waals surface area contributed by atoms with Gasteiger partial charge >= 0.3 is 0 Å². The molecule has 2 atom stereocenters. The summed E-state index contributed by atoms with van der Waals surface area (Å²) in [6.07, 6.45) is 2.02. The number of benzene rings is 1. The van der Waals surface area contributed by atoms with E-state index in [9.17, 15) is 4.39 Å². The van der Waals surface area contributed by atoms with Gasteiger partial charge in [-0.25, -0.2) is 4.39 Å². The topological polar surface area (TPSA) is 47.3 Å². The molecule has 0 spiro atoms. The first kappa shape index (κ1) is 14.7. The number of hydrogen-bond acceptors (Lipinski definition) is 3. The second-order valence-electron chi connectivity index (χ2n) is 4.89. The highest BCUT2D eigenvalue weighted by atomic mass is 35.5. The molecule has 0 amide bonds. The van der Waals surface area contributed by atoms with Crippen LogP contribution in [0.5, 0.6) is 0 Å². The van der Waals surface area contributed by atoms with Gasteiger partial charge in [0.1, 0.15) is 5.82 Å². The van der Waals surface area contributed by atoms with E-state index in [-0.39, 0.29) is 11.9 Å². The summed E-state index contributed by atoms with van der Waals surface area (Å²) in [5, 5.41) is 3.76. The molecule has 1 aromatic carbocycles.